The zero-order chi connectivity index (χ0) is 17.3. The summed E-state index contributed by atoms with van der Waals surface area (Å²) in [6.07, 6.45) is 0. The number of ether oxygens (including phenoxy) is 2. The fraction of sp³-hybridized carbons (Fsp3) is 0.100. The van der Waals surface area contributed by atoms with E-state index in [4.69, 9.17) is 14.6 Å². The number of benzene rings is 2. The van der Waals surface area contributed by atoms with Gasteiger partial charge < -0.3 is 14.6 Å². The molecule has 0 saturated carbocycles. The van der Waals surface area contributed by atoms with Gasteiger partial charge >= 0.3 is 0 Å². The van der Waals surface area contributed by atoms with Gasteiger partial charge in [0.05, 0.1) is 6.61 Å². The average Bonchev–Trinajstić information content (AvgIpc) is 2.67. The van der Waals surface area contributed by atoms with Crippen molar-refractivity contribution in [3.05, 3.63) is 78.0 Å². The molecule has 25 heavy (non-hydrogen) atoms. The molecule has 5 nitrogen and oxygen atoms in total. The highest BCUT2D eigenvalue weighted by molar-refractivity contribution is 5.42. The minimum atomic E-state index is -0.00971. The van der Waals surface area contributed by atoms with Gasteiger partial charge in [-0.1, -0.05) is 24.1 Å². The first-order valence-corrected chi connectivity index (χ1v) is 7.76. The minimum absolute atomic E-state index is 0.00971. The molecule has 3 aromatic rings. The summed E-state index contributed by atoms with van der Waals surface area (Å²) in [5, 5.41) is 16.8. The average molecular weight is 332 g/mol. The normalized spacial score (nSPS) is 9.80. The van der Waals surface area contributed by atoms with Gasteiger partial charge in [0.2, 0.25) is 5.88 Å². The first-order valence-electron chi connectivity index (χ1n) is 7.76. The molecular weight excluding hydrogens is 316 g/mol. The molecule has 0 unspecified atom stereocenters. The molecule has 0 aliphatic heterocycles. The van der Waals surface area contributed by atoms with Crippen molar-refractivity contribution in [1.82, 2.24) is 10.2 Å². The van der Waals surface area contributed by atoms with E-state index in [9.17, 15) is 0 Å². The largest absolute Gasteiger partial charge is 0.491 e. The van der Waals surface area contributed by atoms with Crippen molar-refractivity contribution in [2.24, 2.45) is 0 Å². The van der Waals surface area contributed by atoms with Gasteiger partial charge in [-0.05, 0) is 48.4 Å². The van der Waals surface area contributed by atoms with Crippen LogP contribution in [0.4, 0.5) is 0 Å². The van der Waals surface area contributed by atoms with E-state index in [0.29, 0.717) is 23.1 Å². The van der Waals surface area contributed by atoms with Gasteiger partial charge in [0, 0.05) is 11.6 Å². The maximum atomic E-state index is 8.73. The van der Waals surface area contributed by atoms with Crippen LogP contribution in [0.25, 0.3) is 0 Å². The van der Waals surface area contributed by atoms with Crippen LogP contribution < -0.4 is 9.47 Å². The van der Waals surface area contributed by atoms with Crippen molar-refractivity contribution in [1.29, 1.82) is 0 Å². The molecule has 0 amide bonds. The van der Waals surface area contributed by atoms with Gasteiger partial charge in [-0.15, -0.1) is 10.2 Å². The molecule has 5 heteroatoms. The first kappa shape index (κ1) is 16.5. The number of hydrogen-bond donors (Lipinski definition) is 1. The lowest BCUT2D eigenvalue weighted by atomic mass is 10.2. The maximum absolute atomic E-state index is 8.73. The van der Waals surface area contributed by atoms with Crippen LogP contribution in [0.1, 0.15) is 11.3 Å². The monoisotopic (exact) mass is 332 g/mol. The van der Waals surface area contributed by atoms with Crippen molar-refractivity contribution < 1.29 is 14.6 Å². The Kier molecular flexibility index (Phi) is 5.60. The quantitative estimate of drug-likeness (QED) is 0.728. The van der Waals surface area contributed by atoms with Crippen molar-refractivity contribution in [3.8, 4) is 29.2 Å². The van der Waals surface area contributed by atoms with Crippen LogP contribution in [0.15, 0.2) is 66.7 Å². The molecule has 0 atom stereocenters. The molecule has 1 heterocycles. The summed E-state index contributed by atoms with van der Waals surface area (Å²) in [7, 11) is 0. The fourth-order valence-electron chi connectivity index (χ4n) is 1.98. The lowest BCUT2D eigenvalue weighted by Gasteiger charge is -2.03. The van der Waals surface area contributed by atoms with Crippen LogP contribution in [-0.4, -0.2) is 28.5 Å². The zero-order valence-corrected chi connectivity index (χ0v) is 13.4. The van der Waals surface area contributed by atoms with Crippen LogP contribution in [-0.2, 0) is 0 Å². The zero-order valence-electron chi connectivity index (χ0n) is 13.4. The summed E-state index contributed by atoms with van der Waals surface area (Å²) in [5.41, 5.74) is 1.39. The van der Waals surface area contributed by atoms with E-state index in [1.807, 2.05) is 54.6 Å². The summed E-state index contributed by atoms with van der Waals surface area (Å²) in [4.78, 5) is 0. The number of para-hydroxylation sites is 1. The van der Waals surface area contributed by atoms with Crippen molar-refractivity contribution in [2.45, 2.75) is 0 Å². The maximum Gasteiger partial charge on any atom is 0.238 e. The van der Waals surface area contributed by atoms with Crippen LogP contribution in [0.5, 0.6) is 17.4 Å². The first-order chi connectivity index (χ1) is 12.3. The van der Waals surface area contributed by atoms with Gasteiger partial charge in [-0.2, -0.15) is 0 Å². The molecule has 0 fully saturated rings. The Hall–Kier alpha value is -3.36. The number of hydrogen-bond acceptors (Lipinski definition) is 5. The Morgan fingerprint density at radius 1 is 0.800 bits per heavy atom. The number of aliphatic hydroxyl groups is 1. The summed E-state index contributed by atoms with van der Waals surface area (Å²) < 4.78 is 10.9. The topological polar surface area (TPSA) is 64.5 Å². The third-order valence-corrected chi connectivity index (χ3v) is 3.15. The fourth-order valence-corrected chi connectivity index (χ4v) is 1.98. The molecular formula is C20H16N2O3. The summed E-state index contributed by atoms with van der Waals surface area (Å²) in [5.74, 6) is 7.79. The van der Waals surface area contributed by atoms with E-state index in [0.717, 1.165) is 5.56 Å². The molecule has 124 valence electrons. The Bertz CT molecular complexity index is 851. The van der Waals surface area contributed by atoms with E-state index in [1.165, 1.54) is 0 Å². The van der Waals surface area contributed by atoms with Crippen molar-refractivity contribution in [2.75, 3.05) is 13.2 Å². The van der Waals surface area contributed by atoms with Gasteiger partial charge in [-0.3, -0.25) is 0 Å². The minimum Gasteiger partial charge on any atom is -0.491 e. The summed E-state index contributed by atoms with van der Waals surface area (Å²) >= 11 is 0. The van der Waals surface area contributed by atoms with Crippen LogP contribution in [0.2, 0.25) is 0 Å². The lowest BCUT2D eigenvalue weighted by molar-refractivity contribution is 0.201. The summed E-state index contributed by atoms with van der Waals surface area (Å²) in [6, 6.07) is 20.2. The molecule has 0 aliphatic rings. The number of nitrogens with zero attached hydrogens (tertiary/aromatic N) is 2. The molecule has 2 aromatic carbocycles. The highest BCUT2D eigenvalue weighted by Gasteiger charge is 1.99. The highest BCUT2D eigenvalue weighted by Crippen LogP contribution is 2.17. The molecule has 0 saturated heterocycles. The molecule has 3 rings (SSSR count). The van der Waals surface area contributed by atoms with Gasteiger partial charge in [-0.25, -0.2) is 0 Å². The second-order valence-corrected chi connectivity index (χ2v) is 5.02. The third kappa shape index (κ3) is 5.06. The lowest BCUT2D eigenvalue weighted by Crippen LogP contribution is -2.01. The Morgan fingerprint density at radius 2 is 1.60 bits per heavy atom. The van der Waals surface area contributed by atoms with E-state index < -0.39 is 0 Å². The number of aromatic nitrogens is 2. The Balaban J connectivity index is 1.63. The second kappa shape index (κ2) is 8.48. The molecule has 0 aliphatic carbocycles. The third-order valence-electron chi connectivity index (χ3n) is 3.15. The van der Waals surface area contributed by atoms with Crippen LogP contribution in [0, 0.1) is 11.8 Å². The van der Waals surface area contributed by atoms with Gasteiger partial charge in [0.15, 0.2) is 0 Å². The van der Waals surface area contributed by atoms with Crippen molar-refractivity contribution >= 4 is 0 Å². The van der Waals surface area contributed by atoms with E-state index in [-0.39, 0.29) is 13.2 Å². The molecule has 0 bridgehead atoms. The van der Waals surface area contributed by atoms with Crippen LogP contribution >= 0.6 is 0 Å². The molecule has 1 aromatic heterocycles. The molecule has 0 spiro atoms. The van der Waals surface area contributed by atoms with Crippen molar-refractivity contribution in [3.63, 3.8) is 0 Å². The molecule has 1 N–H and O–H groups in total. The number of rotatable bonds is 5. The predicted octanol–water partition coefficient (Wildman–Crippen LogP) is 3.04. The SMILES string of the molecule is OCCOc1ccc(C#Cc2ccc(Oc3ccccc3)nn2)cc1. The Labute approximate surface area is 145 Å². The van der Waals surface area contributed by atoms with E-state index in [2.05, 4.69) is 22.0 Å². The number of aliphatic hydroxyl groups excluding tert-OH is 1. The Morgan fingerprint density at radius 3 is 2.28 bits per heavy atom. The smallest absolute Gasteiger partial charge is 0.238 e. The van der Waals surface area contributed by atoms with E-state index in [1.54, 1.807) is 12.1 Å². The molecule has 0 radical (unpaired) electrons. The van der Waals surface area contributed by atoms with E-state index >= 15 is 0 Å². The summed E-state index contributed by atoms with van der Waals surface area (Å²) in [6.45, 7) is 0.266. The predicted molar refractivity (Wildman–Crippen MR) is 93.6 cm³/mol. The van der Waals surface area contributed by atoms with Gasteiger partial charge in [0.25, 0.3) is 0 Å². The highest BCUT2D eigenvalue weighted by atomic mass is 16.5. The van der Waals surface area contributed by atoms with Crippen LogP contribution in [0.3, 0.4) is 0 Å². The second-order valence-electron chi connectivity index (χ2n) is 5.02. The standard InChI is InChI=1S/C20H16N2O3/c23-14-15-24-18-11-7-16(8-12-18)6-9-17-10-13-20(22-21-17)25-19-4-2-1-3-5-19/h1-5,7-8,10-13,23H,14-15H2. The van der Waals surface area contributed by atoms with Gasteiger partial charge in [0.1, 0.15) is 23.8 Å².